The van der Waals surface area contributed by atoms with Crippen molar-refractivity contribution in [2.24, 2.45) is 0 Å². The van der Waals surface area contributed by atoms with E-state index in [1.807, 2.05) is 36.4 Å². The molecule has 0 aromatic heterocycles. The van der Waals surface area contributed by atoms with E-state index in [4.69, 9.17) is 9.05 Å². The first kappa shape index (κ1) is 10.8. The first-order chi connectivity index (χ1) is 7.84. The average molecular weight is 235 g/mol. The summed E-state index contributed by atoms with van der Waals surface area (Å²) in [6.07, 6.45) is 0. The lowest BCUT2D eigenvalue weighted by atomic mass is 10.3. The van der Waals surface area contributed by atoms with E-state index in [1.54, 1.807) is 24.3 Å². The van der Waals surface area contributed by atoms with Crippen molar-refractivity contribution in [2.75, 3.05) is 0 Å². The topological polar surface area (TPSA) is 35.5 Å². The largest absolute Gasteiger partial charge is 1.00 e. The van der Waals surface area contributed by atoms with Gasteiger partial charge >= 0.3 is 9.68 Å². The van der Waals surface area contributed by atoms with E-state index < -0.39 is 8.25 Å². The molecule has 0 heterocycles. The van der Waals surface area contributed by atoms with Crippen molar-refractivity contribution < 1.29 is 15.0 Å². The lowest BCUT2D eigenvalue weighted by molar-refractivity contribution is 0.415. The zero-order valence-corrected chi connectivity index (χ0v) is 9.50. The van der Waals surface area contributed by atoms with E-state index in [9.17, 15) is 4.57 Å². The van der Waals surface area contributed by atoms with Crippen molar-refractivity contribution in [3.8, 4) is 11.5 Å². The first-order valence-electron chi connectivity index (χ1n) is 4.84. The van der Waals surface area contributed by atoms with Gasteiger partial charge in [-0.3, -0.25) is 0 Å². The Bertz CT molecular complexity index is 418. The van der Waals surface area contributed by atoms with Gasteiger partial charge in [-0.25, -0.2) is 4.57 Å². The van der Waals surface area contributed by atoms with Crippen molar-refractivity contribution in [3.05, 3.63) is 60.7 Å². The monoisotopic (exact) mass is 235 g/mol. The van der Waals surface area contributed by atoms with Gasteiger partial charge in [0.2, 0.25) is 0 Å². The van der Waals surface area contributed by atoms with Crippen molar-refractivity contribution in [1.29, 1.82) is 0 Å². The minimum atomic E-state index is -2.54. The summed E-state index contributed by atoms with van der Waals surface area (Å²) in [6.45, 7) is 0. The summed E-state index contributed by atoms with van der Waals surface area (Å²) in [6, 6.07) is 17.9. The molecular weight excluding hydrogens is 223 g/mol. The highest BCUT2D eigenvalue weighted by atomic mass is 31.1. The van der Waals surface area contributed by atoms with Crippen LogP contribution in [0.15, 0.2) is 60.7 Å². The number of benzene rings is 2. The Morgan fingerprint density at radius 1 is 0.750 bits per heavy atom. The number of para-hydroxylation sites is 2. The van der Waals surface area contributed by atoms with Crippen molar-refractivity contribution in [1.82, 2.24) is 0 Å². The van der Waals surface area contributed by atoms with Gasteiger partial charge in [0.1, 0.15) is 11.5 Å². The molecule has 16 heavy (non-hydrogen) atoms. The summed E-state index contributed by atoms with van der Waals surface area (Å²) in [5, 5.41) is 0. The maximum Gasteiger partial charge on any atom is 1.00 e. The molecule has 0 amide bonds. The molecule has 0 unspecified atom stereocenters. The van der Waals surface area contributed by atoms with E-state index in [-0.39, 0.29) is 1.43 Å². The predicted octanol–water partition coefficient (Wildman–Crippen LogP) is 3.65. The molecule has 3 nitrogen and oxygen atoms in total. The standard InChI is InChI=1S/C12H11O3P/c13-16(14-11-7-3-1-4-8-11)15-12-9-5-2-6-10-12/h1-10,16H/p+1. The van der Waals surface area contributed by atoms with Crippen LogP contribution in [0, 0.1) is 0 Å². The zero-order chi connectivity index (χ0) is 11.2. The fourth-order valence-electron chi connectivity index (χ4n) is 1.19. The molecule has 4 heteroatoms. The Kier molecular flexibility index (Phi) is 3.62. The van der Waals surface area contributed by atoms with Crippen LogP contribution in [0.4, 0.5) is 0 Å². The smallest absolute Gasteiger partial charge is 0.418 e. The van der Waals surface area contributed by atoms with Crippen LogP contribution in [0.25, 0.3) is 0 Å². The van der Waals surface area contributed by atoms with E-state index >= 15 is 0 Å². The van der Waals surface area contributed by atoms with Crippen molar-refractivity contribution in [3.63, 3.8) is 0 Å². The normalized spacial score (nSPS) is 10.1. The maximum absolute atomic E-state index is 11.5. The SMILES string of the molecule is O=[PH](Oc1ccccc1)Oc1ccccc1.[H+]. The fourth-order valence-corrected chi connectivity index (χ4v) is 1.89. The molecule has 2 aromatic rings. The van der Waals surface area contributed by atoms with E-state index in [1.165, 1.54) is 0 Å². The minimum absolute atomic E-state index is 0. The zero-order valence-electron chi connectivity index (χ0n) is 9.50. The summed E-state index contributed by atoms with van der Waals surface area (Å²) in [5.41, 5.74) is 0. The number of hydrogen-bond acceptors (Lipinski definition) is 3. The van der Waals surface area contributed by atoms with Crippen LogP contribution >= 0.6 is 8.25 Å². The first-order valence-corrected chi connectivity index (χ1v) is 6.07. The third-order valence-corrected chi connectivity index (χ3v) is 2.69. The van der Waals surface area contributed by atoms with E-state index in [0.717, 1.165) is 0 Å². The van der Waals surface area contributed by atoms with Gasteiger partial charge in [0, 0.05) is 0 Å². The molecule has 0 saturated heterocycles. The Morgan fingerprint density at radius 3 is 1.50 bits per heavy atom. The van der Waals surface area contributed by atoms with Gasteiger partial charge in [-0.15, -0.1) is 0 Å². The van der Waals surface area contributed by atoms with Crippen molar-refractivity contribution >= 4 is 8.25 Å². The maximum atomic E-state index is 11.5. The lowest BCUT2D eigenvalue weighted by Gasteiger charge is -2.07. The molecule has 0 saturated carbocycles. The highest BCUT2D eigenvalue weighted by Gasteiger charge is 2.02. The molecule has 0 radical (unpaired) electrons. The van der Waals surface area contributed by atoms with Crippen LogP contribution in [-0.2, 0) is 4.57 Å². The third-order valence-electron chi connectivity index (χ3n) is 1.89. The average Bonchev–Trinajstić information content (AvgIpc) is 2.31. The van der Waals surface area contributed by atoms with Gasteiger partial charge < -0.3 is 9.05 Å². The van der Waals surface area contributed by atoms with Crippen LogP contribution in [-0.4, -0.2) is 0 Å². The molecular formula is C12H12O3P+. The predicted molar refractivity (Wildman–Crippen MR) is 64.3 cm³/mol. The lowest BCUT2D eigenvalue weighted by Crippen LogP contribution is -1.87. The molecule has 0 aliphatic heterocycles. The third kappa shape index (κ3) is 3.14. The van der Waals surface area contributed by atoms with Crippen LogP contribution in [0.1, 0.15) is 1.43 Å². The summed E-state index contributed by atoms with van der Waals surface area (Å²) in [7, 11) is -2.54. The van der Waals surface area contributed by atoms with Gasteiger partial charge in [0.05, 0.1) is 0 Å². The Hall–Kier alpha value is -1.73. The van der Waals surface area contributed by atoms with Gasteiger partial charge in [-0.2, -0.15) is 0 Å². The second-order valence-electron chi connectivity index (χ2n) is 3.08. The molecule has 0 spiro atoms. The molecule has 0 fully saturated rings. The molecule has 0 aliphatic rings. The molecule has 0 bridgehead atoms. The molecule has 82 valence electrons. The number of rotatable bonds is 4. The van der Waals surface area contributed by atoms with Crippen LogP contribution in [0.2, 0.25) is 0 Å². The molecule has 2 aromatic carbocycles. The highest BCUT2D eigenvalue weighted by Crippen LogP contribution is 2.29. The molecule has 2 rings (SSSR count). The number of hydrogen-bond donors (Lipinski definition) is 0. The van der Waals surface area contributed by atoms with Gasteiger partial charge in [-0.05, 0) is 24.3 Å². The Morgan fingerprint density at radius 2 is 1.12 bits per heavy atom. The Labute approximate surface area is 96.1 Å². The van der Waals surface area contributed by atoms with Gasteiger partial charge in [-0.1, -0.05) is 36.4 Å². The van der Waals surface area contributed by atoms with E-state index in [0.29, 0.717) is 11.5 Å². The molecule has 0 N–H and O–H groups in total. The molecule has 0 aliphatic carbocycles. The van der Waals surface area contributed by atoms with E-state index in [2.05, 4.69) is 0 Å². The highest BCUT2D eigenvalue weighted by molar-refractivity contribution is 7.34. The summed E-state index contributed by atoms with van der Waals surface area (Å²) < 4.78 is 21.8. The quantitative estimate of drug-likeness (QED) is 0.759. The van der Waals surface area contributed by atoms with Gasteiger partial charge in [0.25, 0.3) is 0 Å². The second-order valence-corrected chi connectivity index (χ2v) is 3.99. The summed E-state index contributed by atoms with van der Waals surface area (Å²) >= 11 is 0. The van der Waals surface area contributed by atoms with Crippen LogP contribution in [0.3, 0.4) is 0 Å². The fraction of sp³-hybridized carbons (Fsp3) is 0. The van der Waals surface area contributed by atoms with Crippen molar-refractivity contribution in [2.45, 2.75) is 0 Å². The van der Waals surface area contributed by atoms with Gasteiger partial charge in [0.15, 0.2) is 0 Å². The van der Waals surface area contributed by atoms with Crippen LogP contribution < -0.4 is 9.05 Å². The second kappa shape index (κ2) is 5.38. The summed E-state index contributed by atoms with van der Waals surface area (Å²) in [5.74, 6) is 1.09. The summed E-state index contributed by atoms with van der Waals surface area (Å²) in [4.78, 5) is 0. The Balaban J connectivity index is 0.00000144. The minimum Gasteiger partial charge on any atom is -0.418 e. The molecule has 0 atom stereocenters. The van der Waals surface area contributed by atoms with Crippen LogP contribution in [0.5, 0.6) is 11.5 Å².